The van der Waals surface area contributed by atoms with Gasteiger partial charge >= 0.3 is 5.97 Å². The standard InChI is InChI=1S/C10H13NO4S2/c12-9(13)2-1-8-5-16-10(11-8)7-3-4-17(14,15)6-7/h5,7H,1-4,6H2,(H,12,13). The Bertz CT molecular complexity index is 520. The molecule has 0 spiro atoms. The Morgan fingerprint density at radius 1 is 1.59 bits per heavy atom. The van der Waals surface area contributed by atoms with Gasteiger partial charge in [0.15, 0.2) is 9.84 Å². The monoisotopic (exact) mass is 275 g/mol. The summed E-state index contributed by atoms with van der Waals surface area (Å²) < 4.78 is 22.7. The van der Waals surface area contributed by atoms with Gasteiger partial charge in [-0.1, -0.05) is 0 Å². The van der Waals surface area contributed by atoms with Gasteiger partial charge in [-0.15, -0.1) is 11.3 Å². The molecule has 1 aliphatic rings. The smallest absolute Gasteiger partial charge is 0.303 e. The van der Waals surface area contributed by atoms with Crippen molar-refractivity contribution in [2.24, 2.45) is 0 Å². The second kappa shape index (κ2) is 4.73. The van der Waals surface area contributed by atoms with E-state index in [0.29, 0.717) is 12.8 Å². The number of nitrogens with zero attached hydrogens (tertiary/aromatic N) is 1. The second-order valence-corrected chi connectivity index (χ2v) is 7.29. The summed E-state index contributed by atoms with van der Waals surface area (Å²) in [7, 11) is -2.89. The van der Waals surface area contributed by atoms with Crippen LogP contribution in [0.2, 0.25) is 0 Å². The molecule has 1 aliphatic heterocycles. The Balaban J connectivity index is 2.01. The number of rotatable bonds is 4. The van der Waals surface area contributed by atoms with Gasteiger partial charge in [0, 0.05) is 17.7 Å². The summed E-state index contributed by atoms with van der Waals surface area (Å²) in [5.74, 6) is -0.424. The molecule has 1 fully saturated rings. The van der Waals surface area contributed by atoms with Crippen LogP contribution in [0.1, 0.15) is 29.5 Å². The lowest BCUT2D eigenvalue weighted by Gasteiger charge is -2.01. The Hall–Kier alpha value is -0.950. The largest absolute Gasteiger partial charge is 0.481 e. The molecule has 1 saturated heterocycles. The van der Waals surface area contributed by atoms with E-state index in [4.69, 9.17) is 5.11 Å². The fourth-order valence-corrected chi connectivity index (χ4v) is 4.69. The van der Waals surface area contributed by atoms with Crippen LogP contribution >= 0.6 is 11.3 Å². The molecule has 7 heteroatoms. The molecule has 1 atom stereocenters. The van der Waals surface area contributed by atoms with Crippen molar-refractivity contribution in [2.75, 3.05) is 11.5 Å². The minimum atomic E-state index is -2.89. The van der Waals surface area contributed by atoms with Crippen molar-refractivity contribution in [3.05, 3.63) is 16.1 Å². The molecule has 0 amide bonds. The van der Waals surface area contributed by atoms with Crippen LogP contribution < -0.4 is 0 Å². The van der Waals surface area contributed by atoms with Crippen LogP contribution in [-0.4, -0.2) is 36.0 Å². The van der Waals surface area contributed by atoms with Gasteiger partial charge in [0.2, 0.25) is 0 Å². The first-order valence-corrected chi connectivity index (χ1v) is 8.03. The summed E-state index contributed by atoms with van der Waals surface area (Å²) in [6.45, 7) is 0. The molecule has 2 rings (SSSR count). The van der Waals surface area contributed by atoms with E-state index in [1.807, 2.05) is 5.38 Å². The lowest BCUT2D eigenvalue weighted by atomic mass is 10.1. The molecule has 2 heterocycles. The summed E-state index contributed by atoms with van der Waals surface area (Å²) in [6, 6.07) is 0. The first-order chi connectivity index (χ1) is 7.96. The third-order valence-corrected chi connectivity index (χ3v) is 5.57. The molecule has 0 radical (unpaired) electrons. The number of hydrogen-bond donors (Lipinski definition) is 1. The van der Waals surface area contributed by atoms with Crippen LogP contribution in [0, 0.1) is 0 Å². The minimum Gasteiger partial charge on any atom is -0.481 e. The van der Waals surface area contributed by atoms with Gasteiger partial charge in [-0.05, 0) is 6.42 Å². The quantitative estimate of drug-likeness (QED) is 0.888. The zero-order valence-corrected chi connectivity index (χ0v) is 10.8. The van der Waals surface area contributed by atoms with E-state index in [0.717, 1.165) is 10.7 Å². The van der Waals surface area contributed by atoms with Crippen molar-refractivity contribution in [3.63, 3.8) is 0 Å². The number of thiazole rings is 1. The number of hydrogen-bond acceptors (Lipinski definition) is 5. The Morgan fingerprint density at radius 2 is 2.35 bits per heavy atom. The number of carbonyl (C=O) groups is 1. The fourth-order valence-electron chi connectivity index (χ4n) is 1.85. The van der Waals surface area contributed by atoms with Crippen molar-refractivity contribution >= 4 is 27.1 Å². The molecule has 0 aliphatic carbocycles. The summed E-state index contributed by atoms with van der Waals surface area (Å²) >= 11 is 1.43. The first kappa shape index (κ1) is 12.5. The number of carboxylic acid groups (broad SMARTS) is 1. The first-order valence-electron chi connectivity index (χ1n) is 5.33. The van der Waals surface area contributed by atoms with Gasteiger partial charge in [0.05, 0.1) is 28.6 Å². The zero-order valence-electron chi connectivity index (χ0n) is 9.13. The average molecular weight is 275 g/mol. The van der Waals surface area contributed by atoms with E-state index in [9.17, 15) is 13.2 Å². The van der Waals surface area contributed by atoms with Gasteiger partial charge in [0.25, 0.3) is 0 Å². The number of sulfone groups is 1. The third-order valence-electron chi connectivity index (χ3n) is 2.75. The lowest BCUT2D eigenvalue weighted by Crippen LogP contribution is -2.04. The summed E-state index contributed by atoms with van der Waals surface area (Å²) in [6.07, 6.45) is 1.10. The van der Waals surface area contributed by atoms with Crippen LogP contribution in [0.3, 0.4) is 0 Å². The molecule has 1 aromatic rings. The van der Waals surface area contributed by atoms with Crippen molar-refractivity contribution in [1.29, 1.82) is 0 Å². The Labute approximate surface area is 103 Å². The average Bonchev–Trinajstić information content (AvgIpc) is 2.81. The minimum absolute atomic E-state index is 0.00331. The van der Waals surface area contributed by atoms with Crippen molar-refractivity contribution in [1.82, 2.24) is 4.98 Å². The number of aliphatic carboxylic acids is 1. The second-order valence-electron chi connectivity index (χ2n) is 4.17. The summed E-state index contributed by atoms with van der Waals surface area (Å²) in [5, 5.41) is 11.2. The van der Waals surface area contributed by atoms with E-state index in [1.54, 1.807) is 0 Å². The summed E-state index contributed by atoms with van der Waals surface area (Å²) in [4.78, 5) is 14.7. The number of carboxylic acids is 1. The third kappa shape index (κ3) is 3.26. The number of aromatic nitrogens is 1. The topological polar surface area (TPSA) is 84.3 Å². The molecular weight excluding hydrogens is 262 g/mol. The molecule has 94 valence electrons. The SMILES string of the molecule is O=C(O)CCc1csc(C2CCS(=O)(=O)C2)n1. The molecule has 0 saturated carbocycles. The van der Waals surface area contributed by atoms with E-state index in [-0.39, 0.29) is 23.8 Å². The van der Waals surface area contributed by atoms with Crippen LogP contribution in [0.15, 0.2) is 5.38 Å². The van der Waals surface area contributed by atoms with E-state index >= 15 is 0 Å². The van der Waals surface area contributed by atoms with Crippen LogP contribution in [-0.2, 0) is 21.1 Å². The van der Waals surface area contributed by atoms with Crippen LogP contribution in [0.4, 0.5) is 0 Å². The van der Waals surface area contributed by atoms with Crippen LogP contribution in [0.5, 0.6) is 0 Å². The molecule has 1 aromatic heterocycles. The molecule has 17 heavy (non-hydrogen) atoms. The van der Waals surface area contributed by atoms with Crippen LogP contribution in [0.25, 0.3) is 0 Å². The van der Waals surface area contributed by atoms with Gasteiger partial charge in [-0.3, -0.25) is 4.79 Å². The normalized spacial score (nSPS) is 22.7. The van der Waals surface area contributed by atoms with Gasteiger partial charge in [0.1, 0.15) is 0 Å². The predicted octanol–water partition coefficient (Wildman–Crippen LogP) is 1.06. The van der Waals surface area contributed by atoms with Gasteiger partial charge in [-0.2, -0.15) is 0 Å². The molecule has 1 unspecified atom stereocenters. The van der Waals surface area contributed by atoms with Crippen molar-refractivity contribution < 1.29 is 18.3 Å². The molecular formula is C10H13NO4S2. The maximum atomic E-state index is 11.3. The van der Waals surface area contributed by atoms with E-state index < -0.39 is 15.8 Å². The molecule has 0 aromatic carbocycles. The fraction of sp³-hybridized carbons (Fsp3) is 0.600. The van der Waals surface area contributed by atoms with Crippen molar-refractivity contribution in [2.45, 2.75) is 25.2 Å². The highest BCUT2D eigenvalue weighted by molar-refractivity contribution is 7.91. The van der Waals surface area contributed by atoms with Crippen molar-refractivity contribution in [3.8, 4) is 0 Å². The Kier molecular flexibility index (Phi) is 3.48. The van der Waals surface area contributed by atoms with E-state index in [1.165, 1.54) is 11.3 Å². The maximum absolute atomic E-state index is 11.3. The molecule has 0 bridgehead atoms. The maximum Gasteiger partial charge on any atom is 0.303 e. The summed E-state index contributed by atoms with van der Waals surface area (Å²) in [5.41, 5.74) is 0.747. The van der Waals surface area contributed by atoms with E-state index in [2.05, 4.69) is 4.98 Å². The number of aryl methyl sites for hydroxylation is 1. The highest BCUT2D eigenvalue weighted by Gasteiger charge is 2.30. The van der Waals surface area contributed by atoms with Gasteiger partial charge in [-0.25, -0.2) is 13.4 Å². The lowest BCUT2D eigenvalue weighted by molar-refractivity contribution is -0.136. The Morgan fingerprint density at radius 3 is 2.94 bits per heavy atom. The highest BCUT2D eigenvalue weighted by Crippen LogP contribution is 2.31. The predicted molar refractivity (Wildman–Crippen MR) is 64.1 cm³/mol. The molecule has 1 N–H and O–H groups in total. The molecule has 5 nitrogen and oxygen atoms in total. The highest BCUT2D eigenvalue weighted by atomic mass is 32.2. The van der Waals surface area contributed by atoms with Gasteiger partial charge < -0.3 is 5.11 Å². The zero-order chi connectivity index (χ0) is 12.5.